The minimum absolute atomic E-state index is 0.200. The highest BCUT2D eigenvalue weighted by Crippen LogP contribution is 2.29. The first-order valence-corrected chi connectivity index (χ1v) is 12.7. The molecule has 3 aromatic rings. The zero-order chi connectivity index (χ0) is 29.1. The summed E-state index contributed by atoms with van der Waals surface area (Å²) in [7, 11) is 1.41. The van der Waals surface area contributed by atoms with E-state index in [1.54, 1.807) is 24.3 Å². The molecule has 0 unspecified atom stereocenters. The van der Waals surface area contributed by atoms with Crippen molar-refractivity contribution in [3.63, 3.8) is 0 Å². The van der Waals surface area contributed by atoms with E-state index in [1.807, 2.05) is 30.3 Å². The summed E-state index contributed by atoms with van der Waals surface area (Å²) in [6.07, 6.45) is 0.602. The van der Waals surface area contributed by atoms with Gasteiger partial charge < -0.3 is 24.6 Å². The number of amides is 2. The summed E-state index contributed by atoms with van der Waals surface area (Å²) in [5.74, 6) is -1.40. The van der Waals surface area contributed by atoms with E-state index in [-0.39, 0.29) is 22.9 Å². The highest BCUT2D eigenvalue weighted by atomic mass is 35.5. The Labute approximate surface area is 240 Å². The molecule has 3 rings (SSSR count). The van der Waals surface area contributed by atoms with Gasteiger partial charge in [0.15, 0.2) is 24.2 Å². The van der Waals surface area contributed by atoms with Crippen molar-refractivity contribution < 1.29 is 33.7 Å². The average Bonchev–Trinajstić information content (AvgIpc) is 2.93. The molecule has 0 aliphatic carbocycles. The fourth-order valence-corrected chi connectivity index (χ4v) is 3.89. The number of ether oxygens (including phenoxy) is 3. The van der Waals surface area contributed by atoms with Gasteiger partial charge in [0.25, 0.3) is 11.8 Å². The Kier molecular flexibility index (Phi) is 11.2. The Morgan fingerprint density at radius 3 is 2.38 bits per heavy atom. The molecule has 0 heterocycles. The Hall–Kier alpha value is -4.28. The number of methoxy groups -OCH3 is 1. The topological polar surface area (TPSA) is 136 Å². The van der Waals surface area contributed by atoms with Gasteiger partial charge in [0.1, 0.15) is 11.8 Å². The second-order valence-electron chi connectivity index (χ2n) is 8.41. The van der Waals surface area contributed by atoms with Crippen molar-refractivity contribution in [2.45, 2.75) is 25.5 Å². The Balaban J connectivity index is 1.69. The van der Waals surface area contributed by atoms with E-state index in [9.17, 15) is 14.4 Å². The molecular weight excluding hydrogens is 561 g/mol. The molecule has 0 saturated carbocycles. The molecule has 0 fully saturated rings. The molecule has 10 nitrogen and oxygen atoms in total. The second kappa shape index (κ2) is 14.8. The summed E-state index contributed by atoms with van der Waals surface area (Å²) in [5, 5.41) is 16.2. The molecule has 2 atom stereocenters. The van der Waals surface area contributed by atoms with Gasteiger partial charge in [0.2, 0.25) is 0 Å². The van der Waals surface area contributed by atoms with Gasteiger partial charge in [-0.2, -0.15) is 5.10 Å². The maximum Gasteiger partial charge on any atom is 0.341 e. The maximum atomic E-state index is 13.1. The van der Waals surface area contributed by atoms with Gasteiger partial charge in [-0.3, -0.25) is 9.59 Å². The molecule has 12 heteroatoms. The Morgan fingerprint density at radius 1 is 0.975 bits per heavy atom. The van der Waals surface area contributed by atoms with Crippen LogP contribution < -0.4 is 25.0 Å². The molecule has 0 aromatic heterocycles. The lowest BCUT2D eigenvalue weighted by atomic mass is 10.1. The monoisotopic (exact) mass is 587 g/mol. The molecule has 3 N–H and O–H groups in total. The van der Waals surface area contributed by atoms with Gasteiger partial charge >= 0.3 is 5.97 Å². The molecule has 40 heavy (non-hydrogen) atoms. The summed E-state index contributed by atoms with van der Waals surface area (Å²) in [5.41, 5.74) is 3.81. The summed E-state index contributed by atoms with van der Waals surface area (Å²) in [4.78, 5) is 36.7. The van der Waals surface area contributed by atoms with E-state index in [4.69, 9.17) is 42.5 Å². The van der Waals surface area contributed by atoms with Gasteiger partial charge in [0.05, 0.1) is 18.3 Å². The zero-order valence-corrected chi connectivity index (χ0v) is 23.1. The predicted octanol–water partition coefficient (Wildman–Crippen LogP) is 4.11. The van der Waals surface area contributed by atoms with Crippen LogP contribution in [0, 0.1) is 0 Å². The van der Waals surface area contributed by atoms with Crippen molar-refractivity contribution >= 4 is 47.2 Å². The number of carbonyl (C=O) groups excluding carboxylic acids is 2. The van der Waals surface area contributed by atoms with Crippen LogP contribution in [-0.2, 0) is 20.8 Å². The lowest BCUT2D eigenvalue weighted by Crippen LogP contribution is -2.50. The number of carboxylic acids is 1. The summed E-state index contributed by atoms with van der Waals surface area (Å²) in [6.45, 7) is 1.01. The van der Waals surface area contributed by atoms with Crippen LogP contribution in [0.25, 0.3) is 0 Å². The number of nitrogens with one attached hydrogen (secondary N) is 2. The van der Waals surface area contributed by atoms with Crippen LogP contribution >= 0.6 is 23.2 Å². The minimum atomic E-state index is -1.12. The summed E-state index contributed by atoms with van der Waals surface area (Å²) < 4.78 is 16.1. The molecule has 0 aliphatic rings. The lowest BCUT2D eigenvalue weighted by Gasteiger charge is -2.21. The number of benzene rings is 3. The third kappa shape index (κ3) is 9.18. The second-order valence-corrected chi connectivity index (χ2v) is 9.26. The number of rotatable bonds is 13. The fraction of sp³-hybridized carbons (Fsp3) is 0.214. The highest BCUT2D eigenvalue weighted by molar-refractivity contribution is 6.35. The Morgan fingerprint density at radius 2 is 1.70 bits per heavy atom. The number of nitrogens with zero attached hydrogens (tertiary/aromatic N) is 1. The molecule has 0 spiro atoms. The number of carboxylic acid groups (broad SMARTS) is 1. The predicted molar refractivity (Wildman–Crippen MR) is 150 cm³/mol. The first-order chi connectivity index (χ1) is 19.2. The normalized spacial score (nSPS) is 12.3. The van der Waals surface area contributed by atoms with E-state index >= 15 is 0 Å². The molecule has 0 radical (unpaired) electrons. The van der Waals surface area contributed by atoms with Crippen LogP contribution in [0.2, 0.25) is 10.0 Å². The minimum Gasteiger partial charge on any atom is -0.493 e. The quantitative estimate of drug-likeness (QED) is 0.202. The van der Waals surface area contributed by atoms with E-state index in [2.05, 4.69) is 15.8 Å². The zero-order valence-electron chi connectivity index (χ0n) is 21.6. The molecule has 0 bridgehead atoms. The average molecular weight is 588 g/mol. The van der Waals surface area contributed by atoms with Crippen molar-refractivity contribution in [2.75, 3.05) is 13.7 Å². The summed E-state index contributed by atoms with van der Waals surface area (Å²) in [6, 6.07) is 17.5. The standard InChI is InChI=1S/C28H27Cl2N3O7/c1-17(40-23-11-9-20(29)14-21(23)30)27(36)32-22(12-18-6-4-3-5-7-18)28(37)33-31-15-19-8-10-24(25(13-19)38-2)39-16-26(34)35/h3-11,13-15,17,22H,12,16H2,1-2H3,(H,32,36)(H,33,37)(H,34,35)/b31-15-/t17-,22-/m1/s1. The highest BCUT2D eigenvalue weighted by Gasteiger charge is 2.25. The number of halogens is 2. The van der Waals surface area contributed by atoms with E-state index in [1.165, 1.54) is 32.4 Å². The SMILES string of the molecule is COc1cc(/C=N\NC(=O)[C@@H](Cc2ccccc2)NC(=O)[C@@H](C)Oc2ccc(Cl)cc2Cl)ccc1OCC(=O)O. The smallest absolute Gasteiger partial charge is 0.341 e. The molecule has 0 saturated heterocycles. The van der Waals surface area contributed by atoms with Crippen molar-refractivity contribution in [1.82, 2.24) is 10.7 Å². The van der Waals surface area contributed by atoms with Gasteiger partial charge in [-0.25, -0.2) is 10.2 Å². The third-order valence-electron chi connectivity index (χ3n) is 5.41. The Bertz CT molecular complexity index is 1370. The van der Waals surface area contributed by atoms with Crippen LogP contribution in [0.15, 0.2) is 71.8 Å². The van der Waals surface area contributed by atoms with Crippen molar-refractivity contribution in [3.8, 4) is 17.2 Å². The number of hydrogen-bond acceptors (Lipinski definition) is 7. The van der Waals surface area contributed by atoms with Crippen LogP contribution in [0.4, 0.5) is 0 Å². The van der Waals surface area contributed by atoms with Gasteiger partial charge in [0, 0.05) is 11.4 Å². The fourth-order valence-electron chi connectivity index (χ4n) is 3.43. The molecular formula is C28H27Cl2N3O7. The van der Waals surface area contributed by atoms with Crippen LogP contribution in [0.5, 0.6) is 17.2 Å². The van der Waals surface area contributed by atoms with Gasteiger partial charge in [-0.15, -0.1) is 0 Å². The first-order valence-electron chi connectivity index (χ1n) is 12.0. The summed E-state index contributed by atoms with van der Waals surface area (Å²) >= 11 is 12.1. The molecule has 2 amide bonds. The number of carbonyl (C=O) groups is 3. The molecule has 3 aromatic carbocycles. The van der Waals surface area contributed by atoms with Gasteiger partial charge in [-0.05, 0) is 54.4 Å². The molecule has 0 aliphatic heterocycles. The number of hydrogen-bond donors (Lipinski definition) is 3. The molecule has 210 valence electrons. The number of hydrazone groups is 1. The third-order valence-corrected chi connectivity index (χ3v) is 5.94. The first kappa shape index (κ1) is 30.3. The largest absolute Gasteiger partial charge is 0.493 e. The van der Waals surface area contributed by atoms with Crippen molar-refractivity contribution in [3.05, 3.63) is 87.9 Å². The van der Waals surface area contributed by atoms with E-state index in [0.29, 0.717) is 16.3 Å². The van der Waals surface area contributed by atoms with Crippen molar-refractivity contribution in [1.29, 1.82) is 0 Å². The van der Waals surface area contributed by atoms with Gasteiger partial charge in [-0.1, -0.05) is 53.5 Å². The van der Waals surface area contributed by atoms with E-state index < -0.39 is 36.5 Å². The van der Waals surface area contributed by atoms with E-state index in [0.717, 1.165) is 5.56 Å². The van der Waals surface area contributed by atoms with Crippen LogP contribution in [0.1, 0.15) is 18.1 Å². The maximum absolute atomic E-state index is 13.1. The lowest BCUT2D eigenvalue weighted by molar-refractivity contribution is -0.139. The van der Waals surface area contributed by atoms with Crippen LogP contribution in [0.3, 0.4) is 0 Å². The van der Waals surface area contributed by atoms with Crippen molar-refractivity contribution in [2.24, 2.45) is 5.10 Å². The van der Waals surface area contributed by atoms with Crippen LogP contribution in [-0.4, -0.2) is 55.0 Å². The number of aliphatic carboxylic acids is 1.